The van der Waals surface area contributed by atoms with E-state index in [4.69, 9.17) is 4.74 Å². The molecule has 6 nitrogen and oxygen atoms in total. The number of aromatic nitrogens is 1. The SMILES string of the molecule is CC1CN(c2ccc(CNC(=O)CC3CC4CCC(C3)N4)cn2)CCO1.Cl.Cl. The maximum Gasteiger partial charge on any atom is 0.220 e. The summed E-state index contributed by atoms with van der Waals surface area (Å²) in [5.74, 6) is 1.69. The van der Waals surface area contributed by atoms with Gasteiger partial charge in [-0.1, -0.05) is 6.07 Å². The number of nitrogens with one attached hydrogen (secondary N) is 2. The lowest BCUT2D eigenvalue weighted by Crippen LogP contribution is -2.41. The molecular formula is C20H32Cl2N4O2. The third kappa shape index (κ3) is 5.96. The highest BCUT2D eigenvalue weighted by Crippen LogP contribution is 2.32. The van der Waals surface area contributed by atoms with Crippen molar-refractivity contribution in [2.24, 2.45) is 5.92 Å². The number of piperidine rings is 1. The number of carbonyl (C=O) groups excluding carboxylic acids is 1. The summed E-state index contributed by atoms with van der Waals surface area (Å²) in [5.41, 5.74) is 1.05. The van der Waals surface area contributed by atoms with E-state index in [0.29, 0.717) is 31.0 Å². The standard InChI is InChI=1S/C20H30N4O2.2ClH/c1-14-13-24(6-7-26-14)19-5-2-15(11-21-19)12-22-20(25)10-16-8-17-3-4-18(9-16)23-17;;/h2,5,11,14,16-18,23H,3-4,6-10,12-13H2,1H3,(H,22,25);2*1H. The van der Waals surface area contributed by atoms with Gasteiger partial charge in [0.05, 0.1) is 12.7 Å². The van der Waals surface area contributed by atoms with Gasteiger partial charge in [-0.05, 0) is 50.2 Å². The summed E-state index contributed by atoms with van der Waals surface area (Å²) in [7, 11) is 0. The number of hydrogen-bond donors (Lipinski definition) is 2. The molecule has 0 radical (unpaired) electrons. The molecule has 4 rings (SSSR count). The Kier molecular flexibility index (Phi) is 8.81. The number of rotatable bonds is 5. The Morgan fingerprint density at radius 1 is 1.29 bits per heavy atom. The van der Waals surface area contributed by atoms with E-state index in [1.165, 1.54) is 12.8 Å². The summed E-state index contributed by atoms with van der Waals surface area (Å²) in [4.78, 5) is 19.1. The number of amides is 1. The molecule has 3 unspecified atom stereocenters. The number of nitrogens with zero attached hydrogens (tertiary/aromatic N) is 2. The lowest BCUT2D eigenvalue weighted by molar-refractivity contribution is -0.122. The first-order chi connectivity index (χ1) is 12.7. The van der Waals surface area contributed by atoms with Crippen molar-refractivity contribution < 1.29 is 9.53 Å². The minimum Gasteiger partial charge on any atom is -0.375 e. The lowest BCUT2D eigenvalue weighted by atomic mass is 9.89. The average molecular weight is 431 g/mol. The van der Waals surface area contributed by atoms with Gasteiger partial charge in [0.25, 0.3) is 0 Å². The summed E-state index contributed by atoms with van der Waals surface area (Å²) in [5, 5.41) is 6.70. The number of pyridine rings is 1. The fraction of sp³-hybridized carbons (Fsp3) is 0.700. The molecule has 1 aromatic rings. The molecule has 3 aliphatic heterocycles. The van der Waals surface area contributed by atoms with Crippen molar-refractivity contribution in [3.8, 4) is 0 Å². The van der Waals surface area contributed by atoms with Gasteiger partial charge in [-0.3, -0.25) is 4.79 Å². The molecule has 0 aliphatic carbocycles. The monoisotopic (exact) mass is 430 g/mol. The van der Waals surface area contributed by atoms with Crippen LogP contribution in [0, 0.1) is 5.92 Å². The Morgan fingerprint density at radius 3 is 2.68 bits per heavy atom. The molecule has 0 aromatic carbocycles. The molecule has 2 bridgehead atoms. The number of hydrogen-bond acceptors (Lipinski definition) is 5. The summed E-state index contributed by atoms with van der Waals surface area (Å²) >= 11 is 0. The van der Waals surface area contributed by atoms with E-state index < -0.39 is 0 Å². The number of fused-ring (bicyclic) bond motifs is 2. The van der Waals surface area contributed by atoms with Gasteiger partial charge in [-0.2, -0.15) is 0 Å². The van der Waals surface area contributed by atoms with Gasteiger partial charge in [0.15, 0.2) is 0 Å². The normalized spacial score (nSPS) is 28.8. The lowest BCUT2D eigenvalue weighted by Gasteiger charge is -2.32. The maximum atomic E-state index is 12.3. The summed E-state index contributed by atoms with van der Waals surface area (Å²) < 4.78 is 5.58. The van der Waals surface area contributed by atoms with Crippen LogP contribution in [0.25, 0.3) is 0 Å². The molecule has 3 atom stereocenters. The highest BCUT2D eigenvalue weighted by atomic mass is 35.5. The fourth-order valence-corrected chi connectivity index (χ4v) is 4.61. The molecular weight excluding hydrogens is 399 g/mol. The number of anilines is 1. The van der Waals surface area contributed by atoms with Crippen molar-refractivity contribution in [3.05, 3.63) is 23.9 Å². The molecule has 0 saturated carbocycles. The van der Waals surface area contributed by atoms with E-state index in [2.05, 4.69) is 33.5 Å². The van der Waals surface area contributed by atoms with Gasteiger partial charge in [0, 0.05) is 44.3 Å². The van der Waals surface area contributed by atoms with Crippen LogP contribution >= 0.6 is 24.8 Å². The molecule has 158 valence electrons. The van der Waals surface area contributed by atoms with E-state index in [-0.39, 0.29) is 36.8 Å². The van der Waals surface area contributed by atoms with Gasteiger partial charge >= 0.3 is 0 Å². The maximum absolute atomic E-state index is 12.3. The topological polar surface area (TPSA) is 66.5 Å². The van der Waals surface area contributed by atoms with Crippen molar-refractivity contribution in [2.45, 2.75) is 63.8 Å². The second-order valence-corrected chi connectivity index (χ2v) is 8.11. The number of halogens is 2. The molecule has 4 heterocycles. The molecule has 8 heteroatoms. The molecule has 3 saturated heterocycles. The van der Waals surface area contributed by atoms with E-state index in [9.17, 15) is 4.79 Å². The van der Waals surface area contributed by atoms with Crippen molar-refractivity contribution in [1.29, 1.82) is 0 Å². The molecule has 28 heavy (non-hydrogen) atoms. The Morgan fingerprint density at radius 2 is 2.04 bits per heavy atom. The minimum absolute atomic E-state index is 0. The fourth-order valence-electron chi connectivity index (χ4n) is 4.61. The van der Waals surface area contributed by atoms with Gasteiger partial charge in [-0.25, -0.2) is 4.98 Å². The molecule has 1 amide bonds. The van der Waals surface area contributed by atoms with Gasteiger partial charge in [0.1, 0.15) is 5.82 Å². The summed E-state index contributed by atoms with van der Waals surface area (Å²) in [6.45, 7) is 5.15. The second-order valence-electron chi connectivity index (χ2n) is 8.11. The van der Waals surface area contributed by atoms with Crippen molar-refractivity contribution in [1.82, 2.24) is 15.6 Å². The zero-order valence-electron chi connectivity index (χ0n) is 16.4. The van der Waals surface area contributed by atoms with E-state index in [1.807, 2.05) is 12.3 Å². The smallest absolute Gasteiger partial charge is 0.220 e. The zero-order chi connectivity index (χ0) is 17.9. The Labute approximate surface area is 180 Å². The molecule has 0 spiro atoms. The Hall–Kier alpha value is -1.08. The van der Waals surface area contributed by atoms with Gasteiger partial charge in [-0.15, -0.1) is 24.8 Å². The molecule has 3 fully saturated rings. The predicted molar refractivity (Wildman–Crippen MR) is 115 cm³/mol. The number of morpholine rings is 1. The van der Waals surface area contributed by atoms with Crippen molar-refractivity contribution in [2.75, 3.05) is 24.6 Å². The van der Waals surface area contributed by atoms with Crippen LogP contribution in [0.1, 0.15) is 44.6 Å². The van der Waals surface area contributed by atoms with Crippen LogP contribution in [0.5, 0.6) is 0 Å². The van der Waals surface area contributed by atoms with Gasteiger partial charge < -0.3 is 20.3 Å². The van der Waals surface area contributed by atoms with Crippen LogP contribution in [0.2, 0.25) is 0 Å². The van der Waals surface area contributed by atoms with E-state index >= 15 is 0 Å². The van der Waals surface area contributed by atoms with Crippen LogP contribution in [-0.4, -0.2) is 48.8 Å². The highest BCUT2D eigenvalue weighted by Gasteiger charge is 2.34. The van der Waals surface area contributed by atoms with Crippen LogP contribution in [0.3, 0.4) is 0 Å². The average Bonchev–Trinajstić information content (AvgIpc) is 2.99. The zero-order valence-corrected chi connectivity index (χ0v) is 18.1. The number of ether oxygens (including phenoxy) is 1. The number of carbonyl (C=O) groups is 1. The van der Waals surface area contributed by atoms with Crippen LogP contribution in [0.4, 0.5) is 5.82 Å². The Bertz CT molecular complexity index is 619. The highest BCUT2D eigenvalue weighted by molar-refractivity contribution is 5.85. The molecule has 1 aromatic heterocycles. The van der Waals surface area contributed by atoms with Crippen LogP contribution in [-0.2, 0) is 16.1 Å². The minimum atomic E-state index is 0. The third-order valence-electron chi connectivity index (χ3n) is 5.91. The summed E-state index contributed by atoms with van der Waals surface area (Å²) in [6, 6.07) is 5.40. The second kappa shape index (κ2) is 10.6. The largest absolute Gasteiger partial charge is 0.375 e. The quantitative estimate of drug-likeness (QED) is 0.751. The van der Waals surface area contributed by atoms with E-state index in [0.717, 1.165) is 43.9 Å². The van der Waals surface area contributed by atoms with Crippen LogP contribution < -0.4 is 15.5 Å². The van der Waals surface area contributed by atoms with Crippen LogP contribution in [0.15, 0.2) is 18.3 Å². The third-order valence-corrected chi connectivity index (χ3v) is 5.91. The van der Waals surface area contributed by atoms with Crippen molar-refractivity contribution >= 4 is 36.5 Å². The van der Waals surface area contributed by atoms with E-state index in [1.54, 1.807) is 0 Å². The molecule has 3 aliphatic rings. The van der Waals surface area contributed by atoms with Crippen molar-refractivity contribution in [3.63, 3.8) is 0 Å². The van der Waals surface area contributed by atoms with Gasteiger partial charge in [0.2, 0.25) is 5.91 Å². The Balaban J connectivity index is 0.00000140. The first-order valence-electron chi connectivity index (χ1n) is 10.00. The summed E-state index contributed by atoms with van der Waals surface area (Å²) in [6.07, 6.45) is 7.64. The molecule has 2 N–H and O–H groups in total. The predicted octanol–water partition coefficient (Wildman–Crippen LogP) is 2.69. The first-order valence-corrected chi connectivity index (χ1v) is 10.00. The first kappa shape index (κ1) is 23.2.